The number of aryl methyl sites for hydroxylation is 1. The predicted octanol–water partition coefficient (Wildman–Crippen LogP) is 2.28. The highest BCUT2D eigenvalue weighted by atomic mass is 32.2. The zero-order valence-corrected chi connectivity index (χ0v) is 16.1. The molecule has 1 fully saturated rings. The Bertz CT molecular complexity index is 875. The summed E-state index contributed by atoms with van der Waals surface area (Å²) in [6.45, 7) is 4.63. The smallest absolute Gasteiger partial charge is 0.244 e. The average Bonchev–Trinajstić information content (AvgIpc) is 3.15. The molecule has 0 aliphatic carbocycles. The van der Waals surface area contributed by atoms with E-state index in [4.69, 9.17) is 0 Å². The van der Waals surface area contributed by atoms with E-state index in [1.165, 1.54) is 0 Å². The topological polar surface area (TPSA) is 72.3 Å². The summed E-state index contributed by atoms with van der Waals surface area (Å²) >= 11 is 0. The molecule has 1 amide bonds. The van der Waals surface area contributed by atoms with Crippen LogP contribution < -0.4 is 0 Å². The molecule has 26 heavy (non-hydrogen) atoms. The van der Waals surface area contributed by atoms with Crippen molar-refractivity contribution >= 4 is 15.7 Å². The summed E-state index contributed by atoms with van der Waals surface area (Å²) in [5, 5.41) is 4.48. The molecule has 3 rings (SSSR count). The SMILES string of the molecule is CCCN(C(=O)Cn1cc(-c2ccccc2)c(C)n1)C1CCS(=O)(=O)C1. The molecule has 1 aromatic heterocycles. The molecule has 140 valence electrons. The van der Waals surface area contributed by atoms with Crippen molar-refractivity contribution in [3.8, 4) is 11.1 Å². The van der Waals surface area contributed by atoms with Crippen molar-refractivity contribution in [3.05, 3.63) is 42.2 Å². The summed E-state index contributed by atoms with van der Waals surface area (Å²) < 4.78 is 25.2. The van der Waals surface area contributed by atoms with Crippen molar-refractivity contribution < 1.29 is 13.2 Å². The third kappa shape index (κ3) is 4.15. The van der Waals surface area contributed by atoms with Gasteiger partial charge in [0.05, 0.1) is 17.2 Å². The van der Waals surface area contributed by atoms with E-state index >= 15 is 0 Å². The van der Waals surface area contributed by atoms with Crippen LogP contribution in [0, 0.1) is 6.92 Å². The van der Waals surface area contributed by atoms with Gasteiger partial charge >= 0.3 is 0 Å². The second-order valence-corrected chi connectivity index (χ2v) is 9.06. The quantitative estimate of drug-likeness (QED) is 0.776. The van der Waals surface area contributed by atoms with Crippen LogP contribution in [0.1, 0.15) is 25.5 Å². The molecule has 1 atom stereocenters. The number of benzene rings is 1. The van der Waals surface area contributed by atoms with E-state index in [0.717, 1.165) is 23.2 Å². The van der Waals surface area contributed by atoms with Crippen molar-refractivity contribution in [1.82, 2.24) is 14.7 Å². The first kappa shape index (κ1) is 18.6. The van der Waals surface area contributed by atoms with E-state index < -0.39 is 9.84 Å². The monoisotopic (exact) mass is 375 g/mol. The molecule has 0 saturated carbocycles. The average molecular weight is 375 g/mol. The van der Waals surface area contributed by atoms with Gasteiger partial charge in [-0.15, -0.1) is 0 Å². The number of nitrogens with zero attached hydrogens (tertiary/aromatic N) is 3. The zero-order valence-electron chi connectivity index (χ0n) is 15.3. The fourth-order valence-electron chi connectivity index (χ4n) is 3.50. The number of carbonyl (C=O) groups excluding carboxylic acids is 1. The number of rotatable bonds is 6. The van der Waals surface area contributed by atoms with Crippen molar-refractivity contribution in [1.29, 1.82) is 0 Å². The molecular formula is C19H25N3O3S. The molecule has 1 aliphatic rings. The van der Waals surface area contributed by atoms with Crippen LogP contribution in [0.4, 0.5) is 0 Å². The Morgan fingerprint density at radius 3 is 2.65 bits per heavy atom. The minimum absolute atomic E-state index is 0.0731. The molecule has 1 aliphatic heterocycles. The van der Waals surface area contributed by atoms with Gasteiger partial charge in [0.1, 0.15) is 6.54 Å². The van der Waals surface area contributed by atoms with Gasteiger partial charge in [0.15, 0.2) is 9.84 Å². The summed E-state index contributed by atoms with van der Waals surface area (Å²) in [6, 6.07) is 9.73. The minimum atomic E-state index is -3.02. The Morgan fingerprint density at radius 2 is 2.04 bits per heavy atom. The molecule has 1 aromatic carbocycles. The normalized spacial score (nSPS) is 18.8. The standard InChI is InChI=1S/C19H25N3O3S/c1-3-10-22(17-9-11-26(24,25)14-17)19(23)13-21-12-18(15(2)20-21)16-7-5-4-6-8-16/h4-8,12,17H,3,9-11,13-14H2,1-2H3. The number of amides is 1. The van der Waals surface area contributed by atoms with E-state index in [-0.39, 0.29) is 30.0 Å². The molecular weight excluding hydrogens is 350 g/mol. The summed E-state index contributed by atoms with van der Waals surface area (Å²) in [5.74, 6) is 0.173. The van der Waals surface area contributed by atoms with Crippen LogP contribution in [0.15, 0.2) is 36.5 Å². The summed E-state index contributed by atoms with van der Waals surface area (Å²) in [4.78, 5) is 14.6. The zero-order chi connectivity index (χ0) is 18.7. The van der Waals surface area contributed by atoms with E-state index in [2.05, 4.69) is 5.10 Å². The lowest BCUT2D eigenvalue weighted by atomic mass is 10.1. The van der Waals surface area contributed by atoms with Gasteiger partial charge in [0.2, 0.25) is 5.91 Å². The largest absolute Gasteiger partial charge is 0.337 e. The molecule has 2 heterocycles. The highest BCUT2D eigenvalue weighted by Gasteiger charge is 2.34. The number of aromatic nitrogens is 2. The van der Waals surface area contributed by atoms with E-state index in [9.17, 15) is 13.2 Å². The van der Waals surface area contributed by atoms with E-state index in [0.29, 0.717) is 13.0 Å². The minimum Gasteiger partial charge on any atom is -0.337 e. The van der Waals surface area contributed by atoms with Crippen molar-refractivity contribution in [2.75, 3.05) is 18.1 Å². The highest BCUT2D eigenvalue weighted by Crippen LogP contribution is 2.23. The van der Waals surface area contributed by atoms with Gasteiger partial charge in [-0.05, 0) is 25.3 Å². The van der Waals surface area contributed by atoms with Crippen molar-refractivity contribution in [2.45, 2.75) is 39.3 Å². The lowest BCUT2D eigenvalue weighted by molar-refractivity contribution is -0.134. The Hall–Kier alpha value is -2.15. The molecule has 1 unspecified atom stereocenters. The van der Waals surface area contributed by atoms with Crippen LogP contribution in [0.25, 0.3) is 11.1 Å². The van der Waals surface area contributed by atoms with Crippen LogP contribution in [0.2, 0.25) is 0 Å². The number of sulfone groups is 1. The Balaban J connectivity index is 1.76. The number of carbonyl (C=O) groups is 1. The first-order valence-corrected chi connectivity index (χ1v) is 10.8. The van der Waals surface area contributed by atoms with Crippen LogP contribution in [-0.4, -0.2) is 53.1 Å². The Morgan fingerprint density at radius 1 is 1.31 bits per heavy atom. The molecule has 6 nitrogen and oxygen atoms in total. The predicted molar refractivity (Wildman–Crippen MR) is 101 cm³/mol. The second kappa shape index (κ2) is 7.61. The third-order valence-corrected chi connectivity index (χ3v) is 6.51. The molecule has 0 radical (unpaired) electrons. The van der Waals surface area contributed by atoms with Crippen LogP contribution >= 0.6 is 0 Å². The molecule has 7 heteroatoms. The first-order valence-electron chi connectivity index (χ1n) is 8.99. The Kier molecular flexibility index (Phi) is 5.46. The fourth-order valence-corrected chi connectivity index (χ4v) is 5.23. The van der Waals surface area contributed by atoms with Gasteiger partial charge in [-0.3, -0.25) is 9.48 Å². The Labute approximate surface area is 154 Å². The van der Waals surface area contributed by atoms with Crippen LogP contribution in [0.3, 0.4) is 0 Å². The fraction of sp³-hybridized carbons (Fsp3) is 0.474. The van der Waals surface area contributed by atoms with Crippen LogP contribution in [-0.2, 0) is 21.2 Å². The number of hydrogen-bond donors (Lipinski definition) is 0. The molecule has 1 saturated heterocycles. The molecule has 2 aromatic rings. The van der Waals surface area contributed by atoms with Gasteiger partial charge in [-0.2, -0.15) is 5.10 Å². The second-order valence-electron chi connectivity index (χ2n) is 6.84. The van der Waals surface area contributed by atoms with Gasteiger partial charge in [0, 0.05) is 24.3 Å². The lowest BCUT2D eigenvalue weighted by Gasteiger charge is -2.27. The third-order valence-electron chi connectivity index (χ3n) is 4.76. The summed E-state index contributed by atoms with van der Waals surface area (Å²) in [6.07, 6.45) is 3.22. The van der Waals surface area contributed by atoms with Crippen molar-refractivity contribution in [2.24, 2.45) is 0 Å². The molecule has 0 spiro atoms. The van der Waals surface area contributed by atoms with Gasteiger partial charge < -0.3 is 4.90 Å². The highest BCUT2D eigenvalue weighted by molar-refractivity contribution is 7.91. The van der Waals surface area contributed by atoms with E-state index in [1.54, 1.807) is 9.58 Å². The van der Waals surface area contributed by atoms with E-state index in [1.807, 2.05) is 50.4 Å². The maximum Gasteiger partial charge on any atom is 0.244 e. The molecule has 0 N–H and O–H groups in total. The summed E-state index contributed by atoms with van der Waals surface area (Å²) in [7, 11) is -3.02. The summed E-state index contributed by atoms with van der Waals surface area (Å²) in [5.41, 5.74) is 2.94. The lowest BCUT2D eigenvalue weighted by Crippen LogP contribution is -2.43. The first-order chi connectivity index (χ1) is 12.4. The van der Waals surface area contributed by atoms with Crippen LogP contribution in [0.5, 0.6) is 0 Å². The maximum atomic E-state index is 12.8. The number of hydrogen-bond acceptors (Lipinski definition) is 4. The maximum absolute atomic E-state index is 12.8. The van der Waals surface area contributed by atoms with Crippen molar-refractivity contribution in [3.63, 3.8) is 0 Å². The van der Waals surface area contributed by atoms with Gasteiger partial charge in [-0.1, -0.05) is 37.3 Å². The van der Waals surface area contributed by atoms with Gasteiger partial charge in [-0.25, -0.2) is 8.42 Å². The molecule has 0 bridgehead atoms. The van der Waals surface area contributed by atoms with Gasteiger partial charge in [0.25, 0.3) is 0 Å².